The van der Waals surface area contributed by atoms with E-state index in [2.05, 4.69) is 15.5 Å². The minimum Gasteiger partial charge on any atom is -0.457 e. The van der Waals surface area contributed by atoms with Crippen LogP contribution in [0.25, 0.3) is 11.3 Å². The van der Waals surface area contributed by atoms with Crippen molar-refractivity contribution in [2.45, 2.75) is 46.1 Å². The molecule has 2 heterocycles. The van der Waals surface area contributed by atoms with Crippen molar-refractivity contribution < 1.29 is 14.3 Å². The largest absolute Gasteiger partial charge is 0.457 e. The van der Waals surface area contributed by atoms with E-state index in [1.807, 2.05) is 76.2 Å². The maximum atomic E-state index is 12.3. The Morgan fingerprint density at radius 1 is 1.06 bits per heavy atom. The van der Waals surface area contributed by atoms with Crippen LogP contribution in [0.5, 0.6) is 11.5 Å². The number of rotatable bonds is 6. The molecule has 2 aromatic carbocycles. The van der Waals surface area contributed by atoms with Gasteiger partial charge in [0.1, 0.15) is 22.8 Å². The van der Waals surface area contributed by atoms with E-state index in [0.717, 1.165) is 53.4 Å². The number of aromatic nitrogens is 2. The summed E-state index contributed by atoms with van der Waals surface area (Å²) in [4.78, 5) is 14.1. The third kappa shape index (κ3) is 7.10. The number of nitrogens with one attached hydrogen (secondary N) is 1. The lowest BCUT2D eigenvalue weighted by atomic mass is 9.97. The van der Waals surface area contributed by atoms with Gasteiger partial charge in [0.25, 0.3) is 0 Å². The third-order valence-electron chi connectivity index (χ3n) is 5.96. The molecule has 190 valence electrons. The number of nitrogens with zero attached hydrogens (tertiary/aromatic N) is 3. The molecule has 1 amide bonds. The first-order valence-corrected chi connectivity index (χ1v) is 12.6. The zero-order valence-corrected chi connectivity index (χ0v) is 22.0. The average Bonchev–Trinajstić information content (AvgIpc) is 2.83. The van der Waals surface area contributed by atoms with Gasteiger partial charge in [0.05, 0.1) is 5.69 Å². The number of hydrogen-bond acceptors (Lipinski definition) is 6. The fourth-order valence-electron chi connectivity index (χ4n) is 4.11. The van der Waals surface area contributed by atoms with Crippen LogP contribution in [0.4, 0.5) is 10.5 Å². The van der Waals surface area contributed by atoms with E-state index >= 15 is 0 Å². The molecule has 0 atom stereocenters. The van der Waals surface area contributed by atoms with Gasteiger partial charge in [-0.15, -0.1) is 10.2 Å². The van der Waals surface area contributed by atoms with Crippen LogP contribution in [0.15, 0.2) is 54.6 Å². The minimum absolute atomic E-state index is 0.240. The van der Waals surface area contributed by atoms with E-state index < -0.39 is 5.60 Å². The highest BCUT2D eigenvalue weighted by molar-refractivity contribution is 6.29. The second kappa shape index (κ2) is 11.2. The lowest BCUT2D eigenvalue weighted by Gasteiger charge is -2.33. The number of hydrogen-bond donors (Lipinski definition) is 1. The summed E-state index contributed by atoms with van der Waals surface area (Å²) in [6.07, 6.45) is 1.56. The Morgan fingerprint density at radius 3 is 2.44 bits per heavy atom. The number of anilines is 1. The highest BCUT2D eigenvalue weighted by atomic mass is 35.5. The number of halogens is 1. The van der Waals surface area contributed by atoms with Crippen LogP contribution >= 0.6 is 11.6 Å². The molecule has 1 fully saturated rings. The van der Waals surface area contributed by atoms with Crippen molar-refractivity contribution in [1.29, 1.82) is 0 Å². The molecular formula is C28H33ClN4O3. The van der Waals surface area contributed by atoms with Crippen molar-refractivity contribution >= 4 is 23.4 Å². The van der Waals surface area contributed by atoms with Gasteiger partial charge in [-0.25, -0.2) is 4.79 Å². The number of carbonyl (C=O) groups excluding carboxylic acids is 1. The number of benzene rings is 2. The lowest BCUT2D eigenvalue weighted by Crippen LogP contribution is -2.42. The number of piperidine rings is 1. The summed E-state index contributed by atoms with van der Waals surface area (Å²) in [7, 11) is 0. The lowest BCUT2D eigenvalue weighted by molar-refractivity contribution is 0.0188. The highest BCUT2D eigenvalue weighted by Crippen LogP contribution is 2.31. The van der Waals surface area contributed by atoms with Gasteiger partial charge in [-0.3, -0.25) is 0 Å². The van der Waals surface area contributed by atoms with Crippen molar-refractivity contribution in [3.8, 4) is 22.8 Å². The fraction of sp³-hybridized carbons (Fsp3) is 0.393. The standard InChI is InChI=1S/C28H33ClN4O3/c1-19-6-5-7-23(16-19)35-22-10-8-21(9-11-22)26-24(17-25(29)31-32-26)30-18-20-12-14-33(15-13-20)27(34)36-28(2,3)4/h5-11,16-17,20H,12-15,18H2,1-4H3,(H,30,31). The average molecular weight is 509 g/mol. The third-order valence-corrected chi connectivity index (χ3v) is 6.15. The van der Waals surface area contributed by atoms with Gasteiger partial charge in [0, 0.05) is 31.3 Å². The number of likely N-dealkylation sites (tertiary alicyclic amines) is 1. The highest BCUT2D eigenvalue weighted by Gasteiger charge is 2.27. The quantitative estimate of drug-likeness (QED) is 0.388. The topological polar surface area (TPSA) is 76.6 Å². The van der Waals surface area contributed by atoms with E-state index in [4.69, 9.17) is 21.1 Å². The van der Waals surface area contributed by atoms with Gasteiger partial charge in [-0.05, 0) is 88.4 Å². The molecule has 1 saturated heterocycles. The molecule has 1 aliphatic rings. The summed E-state index contributed by atoms with van der Waals surface area (Å²) in [5.41, 5.74) is 3.14. The van der Waals surface area contributed by atoms with Gasteiger partial charge in [0.15, 0.2) is 5.15 Å². The predicted molar refractivity (Wildman–Crippen MR) is 143 cm³/mol. The van der Waals surface area contributed by atoms with Crippen LogP contribution in [-0.4, -0.2) is 46.4 Å². The van der Waals surface area contributed by atoms with Gasteiger partial charge < -0.3 is 19.7 Å². The maximum absolute atomic E-state index is 12.3. The van der Waals surface area contributed by atoms with Gasteiger partial charge in [0.2, 0.25) is 0 Å². The normalized spacial score (nSPS) is 14.4. The summed E-state index contributed by atoms with van der Waals surface area (Å²) < 4.78 is 11.5. The summed E-state index contributed by atoms with van der Waals surface area (Å²) in [6, 6.07) is 17.5. The maximum Gasteiger partial charge on any atom is 0.410 e. The zero-order valence-electron chi connectivity index (χ0n) is 21.3. The Balaban J connectivity index is 1.37. The van der Waals surface area contributed by atoms with E-state index in [0.29, 0.717) is 24.2 Å². The molecule has 0 aliphatic carbocycles. The monoisotopic (exact) mass is 508 g/mol. The molecule has 36 heavy (non-hydrogen) atoms. The molecule has 1 aromatic heterocycles. The fourth-order valence-corrected chi connectivity index (χ4v) is 4.26. The molecule has 0 unspecified atom stereocenters. The van der Waals surface area contributed by atoms with Gasteiger partial charge in [-0.1, -0.05) is 23.7 Å². The summed E-state index contributed by atoms with van der Waals surface area (Å²) >= 11 is 6.17. The van der Waals surface area contributed by atoms with Gasteiger partial charge >= 0.3 is 6.09 Å². The molecule has 4 rings (SSSR count). The zero-order chi connectivity index (χ0) is 25.7. The number of ether oxygens (including phenoxy) is 2. The molecule has 8 heteroatoms. The van der Waals surface area contributed by atoms with Crippen molar-refractivity contribution in [3.63, 3.8) is 0 Å². The Kier molecular flexibility index (Phi) is 7.99. The molecule has 0 radical (unpaired) electrons. The summed E-state index contributed by atoms with van der Waals surface area (Å²) in [6.45, 7) is 9.82. The minimum atomic E-state index is -0.482. The molecular weight excluding hydrogens is 476 g/mol. The summed E-state index contributed by atoms with van der Waals surface area (Å²) in [5, 5.41) is 12.3. The second-order valence-corrected chi connectivity index (χ2v) is 10.6. The van der Waals surface area contributed by atoms with Crippen molar-refractivity contribution in [2.24, 2.45) is 5.92 Å². The second-order valence-electron chi connectivity index (χ2n) is 10.2. The van der Waals surface area contributed by atoms with E-state index in [1.165, 1.54) is 0 Å². The molecule has 1 aliphatic heterocycles. The van der Waals surface area contributed by atoms with E-state index in [-0.39, 0.29) is 6.09 Å². The predicted octanol–water partition coefficient (Wildman–Crippen LogP) is 6.96. The van der Waals surface area contributed by atoms with Crippen molar-refractivity contribution in [2.75, 3.05) is 25.0 Å². The van der Waals surface area contributed by atoms with Crippen LogP contribution in [0, 0.1) is 12.8 Å². The molecule has 7 nitrogen and oxygen atoms in total. The molecule has 3 aromatic rings. The number of aryl methyl sites for hydroxylation is 1. The first-order chi connectivity index (χ1) is 17.2. The van der Waals surface area contributed by atoms with Crippen LogP contribution in [0.3, 0.4) is 0 Å². The van der Waals surface area contributed by atoms with Crippen molar-refractivity contribution in [3.05, 3.63) is 65.3 Å². The SMILES string of the molecule is Cc1cccc(Oc2ccc(-c3nnc(Cl)cc3NCC3CCN(C(=O)OC(C)(C)C)CC3)cc2)c1. The van der Waals surface area contributed by atoms with E-state index in [9.17, 15) is 4.79 Å². The molecule has 0 bridgehead atoms. The smallest absolute Gasteiger partial charge is 0.410 e. The van der Waals surface area contributed by atoms with Crippen molar-refractivity contribution in [1.82, 2.24) is 15.1 Å². The Bertz CT molecular complexity index is 1190. The first kappa shape index (κ1) is 25.8. The first-order valence-electron chi connectivity index (χ1n) is 12.3. The van der Waals surface area contributed by atoms with E-state index in [1.54, 1.807) is 11.0 Å². The Morgan fingerprint density at radius 2 is 1.78 bits per heavy atom. The molecule has 0 spiro atoms. The number of carbonyl (C=O) groups is 1. The Hall–Kier alpha value is -3.32. The van der Waals surface area contributed by atoms with Crippen LogP contribution in [0.2, 0.25) is 5.15 Å². The van der Waals surface area contributed by atoms with Gasteiger partial charge in [-0.2, -0.15) is 0 Å². The number of amides is 1. The van der Waals surface area contributed by atoms with Crippen LogP contribution < -0.4 is 10.1 Å². The molecule has 0 saturated carbocycles. The Labute approximate surface area is 217 Å². The summed E-state index contributed by atoms with van der Waals surface area (Å²) in [5.74, 6) is 1.97. The molecule has 1 N–H and O–H groups in total. The van der Waals surface area contributed by atoms with Crippen LogP contribution in [-0.2, 0) is 4.74 Å². The van der Waals surface area contributed by atoms with Crippen LogP contribution in [0.1, 0.15) is 39.2 Å².